The molecule has 2 aromatic rings. The fourth-order valence-electron chi connectivity index (χ4n) is 2.50. The Labute approximate surface area is 150 Å². The number of benzene rings is 1. The summed E-state index contributed by atoms with van der Waals surface area (Å²) in [4.78, 5) is 10.9. The van der Waals surface area contributed by atoms with E-state index in [-0.39, 0.29) is 5.69 Å². The van der Waals surface area contributed by atoms with Gasteiger partial charge in [0.2, 0.25) is 0 Å². The second kappa shape index (κ2) is 9.47. The summed E-state index contributed by atoms with van der Waals surface area (Å²) in [5, 5.41) is 11.3. The highest BCUT2D eigenvalue weighted by Gasteiger charge is 2.21. The second-order valence-corrected chi connectivity index (χ2v) is 6.50. The van der Waals surface area contributed by atoms with Gasteiger partial charge in [-0.15, -0.1) is 0 Å². The van der Waals surface area contributed by atoms with Crippen molar-refractivity contribution in [2.75, 3.05) is 6.61 Å². The number of unbranched alkanes of at least 4 members (excludes halogenated alkanes) is 5. The predicted molar refractivity (Wildman–Crippen MR) is 97.4 cm³/mol. The minimum atomic E-state index is -0.417. The molecule has 0 aliphatic rings. The SMILES string of the molecule is CCCCCCCCOc1cc(-c2ccco2)c([N+](=O)[O-])cc1Br. The normalized spacial score (nSPS) is 10.8. The van der Waals surface area contributed by atoms with E-state index in [0.717, 1.165) is 12.8 Å². The van der Waals surface area contributed by atoms with Crippen LogP contribution in [-0.4, -0.2) is 11.5 Å². The number of nitro benzene ring substituents is 1. The fraction of sp³-hybridized carbons (Fsp3) is 0.444. The van der Waals surface area contributed by atoms with Gasteiger partial charge in [0.05, 0.1) is 27.8 Å². The van der Waals surface area contributed by atoms with Crippen molar-refractivity contribution >= 4 is 21.6 Å². The Balaban J connectivity index is 2.03. The standard InChI is InChI=1S/C18H22BrNO4/c1-2-3-4-5-6-7-10-24-18-12-14(17-9-8-11-23-17)16(20(21)22)13-15(18)19/h8-9,11-13H,2-7,10H2,1H3. The van der Waals surface area contributed by atoms with Crippen molar-refractivity contribution in [1.82, 2.24) is 0 Å². The van der Waals surface area contributed by atoms with Crippen LogP contribution in [0.1, 0.15) is 45.4 Å². The summed E-state index contributed by atoms with van der Waals surface area (Å²) in [5.41, 5.74) is 0.412. The quantitative estimate of drug-likeness (QED) is 0.266. The smallest absolute Gasteiger partial charge is 0.281 e. The van der Waals surface area contributed by atoms with Crippen LogP contribution in [0.5, 0.6) is 5.75 Å². The topological polar surface area (TPSA) is 65.5 Å². The zero-order valence-corrected chi connectivity index (χ0v) is 15.4. The van der Waals surface area contributed by atoms with Crippen LogP contribution >= 0.6 is 15.9 Å². The van der Waals surface area contributed by atoms with E-state index in [1.165, 1.54) is 38.0 Å². The molecular formula is C18H22BrNO4. The maximum absolute atomic E-state index is 11.3. The molecule has 0 saturated carbocycles. The van der Waals surface area contributed by atoms with E-state index < -0.39 is 4.92 Å². The lowest BCUT2D eigenvalue weighted by Gasteiger charge is -2.10. The Morgan fingerprint density at radius 1 is 1.21 bits per heavy atom. The summed E-state index contributed by atoms with van der Waals surface area (Å²) in [7, 11) is 0. The molecule has 0 spiro atoms. The number of rotatable bonds is 10. The fourth-order valence-corrected chi connectivity index (χ4v) is 2.94. The van der Waals surface area contributed by atoms with Crippen LogP contribution in [0.3, 0.4) is 0 Å². The first-order chi connectivity index (χ1) is 11.6. The molecule has 0 amide bonds. The van der Waals surface area contributed by atoms with Gasteiger partial charge < -0.3 is 9.15 Å². The molecule has 0 fully saturated rings. The Kier molecular flexibility index (Phi) is 7.31. The van der Waals surface area contributed by atoms with Gasteiger partial charge in [-0.1, -0.05) is 39.0 Å². The van der Waals surface area contributed by atoms with Crippen LogP contribution in [0.15, 0.2) is 39.4 Å². The summed E-state index contributed by atoms with van der Waals surface area (Å²) in [6, 6.07) is 6.54. The Morgan fingerprint density at radius 3 is 2.62 bits per heavy atom. The lowest BCUT2D eigenvalue weighted by atomic mass is 10.1. The molecule has 24 heavy (non-hydrogen) atoms. The minimum absolute atomic E-state index is 0.0104. The summed E-state index contributed by atoms with van der Waals surface area (Å²) in [6.45, 7) is 2.80. The van der Waals surface area contributed by atoms with E-state index in [1.807, 2.05) is 0 Å². The highest BCUT2D eigenvalue weighted by molar-refractivity contribution is 9.10. The molecule has 0 aliphatic carbocycles. The first-order valence-electron chi connectivity index (χ1n) is 8.28. The highest BCUT2D eigenvalue weighted by atomic mass is 79.9. The van der Waals surface area contributed by atoms with Crippen LogP contribution in [0.2, 0.25) is 0 Å². The van der Waals surface area contributed by atoms with Gasteiger partial charge in [-0.2, -0.15) is 0 Å². The molecule has 130 valence electrons. The molecule has 5 nitrogen and oxygen atoms in total. The van der Waals surface area contributed by atoms with Crippen LogP contribution in [0.4, 0.5) is 5.69 Å². The number of nitrogens with zero attached hydrogens (tertiary/aromatic N) is 1. The first-order valence-corrected chi connectivity index (χ1v) is 9.07. The third-order valence-corrected chi connectivity index (χ3v) is 4.41. The molecule has 2 rings (SSSR count). The van der Waals surface area contributed by atoms with Crippen LogP contribution < -0.4 is 4.74 Å². The molecule has 0 saturated heterocycles. The van der Waals surface area contributed by atoms with Crippen molar-refractivity contribution in [2.45, 2.75) is 45.4 Å². The molecular weight excluding hydrogens is 374 g/mol. The van der Waals surface area contributed by atoms with E-state index in [9.17, 15) is 10.1 Å². The number of halogens is 1. The molecule has 0 radical (unpaired) electrons. The summed E-state index contributed by atoms with van der Waals surface area (Å²) < 4.78 is 11.7. The molecule has 1 heterocycles. The third kappa shape index (κ3) is 5.09. The summed E-state index contributed by atoms with van der Waals surface area (Å²) in [6.07, 6.45) is 8.61. The second-order valence-electron chi connectivity index (χ2n) is 5.65. The number of furan rings is 1. The molecule has 0 N–H and O–H groups in total. The van der Waals surface area contributed by atoms with Gasteiger partial charge in [0.15, 0.2) is 0 Å². The molecule has 1 aromatic heterocycles. The maximum Gasteiger partial charge on any atom is 0.281 e. The number of nitro groups is 1. The molecule has 1 aromatic carbocycles. The van der Waals surface area contributed by atoms with Crippen molar-refractivity contribution in [3.63, 3.8) is 0 Å². The maximum atomic E-state index is 11.3. The minimum Gasteiger partial charge on any atom is -0.492 e. The number of hydrogen-bond acceptors (Lipinski definition) is 4. The van der Waals surface area contributed by atoms with Crippen molar-refractivity contribution < 1.29 is 14.1 Å². The number of ether oxygens (including phenoxy) is 1. The van der Waals surface area contributed by atoms with E-state index in [1.54, 1.807) is 18.2 Å². The van der Waals surface area contributed by atoms with Gasteiger partial charge in [-0.05, 0) is 40.5 Å². The zero-order valence-electron chi connectivity index (χ0n) is 13.8. The van der Waals surface area contributed by atoms with Crippen LogP contribution in [0, 0.1) is 10.1 Å². The van der Waals surface area contributed by atoms with Gasteiger partial charge in [0, 0.05) is 6.07 Å². The summed E-state index contributed by atoms with van der Waals surface area (Å²) >= 11 is 3.36. The molecule has 6 heteroatoms. The average molecular weight is 396 g/mol. The monoisotopic (exact) mass is 395 g/mol. The molecule has 0 unspecified atom stereocenters. The van der Waals surface area contributed by atoms with Gasteiger partial charge in [-0.3, -0.25) is 10.1 Å². The number of hydrogen-bond donors (Lipinski definition) is 0. The molecule has 0 aliphatic heterocycles. The van der Waals surface area contributed by atoms with Crippen LogP contribution in [0.25, 0.3) is 11.3 Å². The molecule has 0 bridgehead atoms. The van der Waals surface area contributed by atoms with E-state index in [4.69, 9.17) is 9.15 Å². The van der Waals surface area contributed by atoms with Gasteiger partial charge >= 0.3 is 0 Å². The predicted octanol–water partition coefficient (Wildman–Crippen LogP) is 6.36. The zero-order chi connectivity index (χ0) is 17.4. The van der Waals surface area contributed by atoms with Crippen molar-refractivity contribution in [3.05, 3.63) is 45.1 Å². The first kappa shape index (κ1) is 18.5. The van der Waals surface area contributed by atoms with E-state index in [0.29, 0.717) is 28.2 Å². The average Bonchev–Trinajstić information content (AvgIpc) is 3.09. The largest absolute Gasteiger partial charge is 0.492 e. The van der Waals surface area contributed by atoms with Gasteiger partial charge in [0.1, 0.15) is 11.5 Å². The third-order valence-electron chi connectivity index (χ3n) is 3.79. The van der Waals surface area contributed by atoms with E-state index >= 15 is 0 Å². The van der Waals surface area contributed by atoms with Crippen LogP contribution in [-0.2, 0) is 0 Å². The van der Waals surface area contributed by atoms with Crippen molar-refractivity contribution in [2.24, 2.45) is 0 Å². The Bertz CT molecular complexity index is 655. The van der Waals surface area contributed by atoms with Crippen molar-refractivity contribution in [1.29, 1.82) is 0 Å². The lowest BCUT2D eigenvalue weighted by molar-refractivity contribution is -0.384. The Hall–Kier alpha value is -1.82. The Morgan fingerprint density at radius 2 is 1.96 bits per heavy atom. The van der Waals surface area contributed by atoms with Gasteiger partial charge in [0.25, 0.3) is 5.69 Å². The van der Waals surface area contributed by atoms with E-state index in [2.05, 4.69) is 22.9 Å². The lowest BCUT2D eigenvalue weighted by Crippen LogP contribution is -2.00. The molecule has 0 atom stereocenters. The van der Waals surface area contributed by atoms with Gasteiger partial charge in [-0.25, -0.2) is 0 Å². The highest BCUT2D eigenvalue weighted by Crippen LogP contribution is 2.38. The van der Waals surface area contributed by atoms with Crippen molar-refractivity contribution in [3.8, 4) is 17.1 Å². The summed E-state index contributed by atoms with van der Waals surface area (Å²) in [5.74, 6) is 1.05.